The summed E-state index contributed by atoms with van der Waals surface area (Å²) >= 11 is 0. The van der Waals surface area contributed by atoms with Gasteiger partial charge in [0, 0.05) is 24.7 Å². The molecule has 3 nitrogen and oxygen atoms in total. The van der Waals surface area contributed by atoms with Gasteiger partial charge in [0.25, 0.3) is 0 Å². The number of aryl methyl sites for hydroxylation is 1. The third-order valence-electron chi connectivity index (χ3n) is 3.17. The molecule has 0 radical (unpaired) electrons. The number of hydrogen-bond donors (Lipinski definition) is 2. The summed E-state index contributed by atoms with van der Waals surface area (Å²) < 4.78 is 0. The Balaban J connectivity index is 2.05. The van der Waals surface area contributed by atoms with Crippen molar-refractivity contribution in [2.24, 2.45) is 5.73 Å². The number of phenols is 1. The summed E-state index contributed by atoms with van der Waals surface area (Å²) in [5.74, 6) is 0.393. The summed E-state index contributed by atoms with van der Waals surface area (Å²) in [7, 11) is 0. The van der Waals surface area contributed by atoms with E-state index in [2.05, 4.69) is 11.0 Å². The first kappa shape index (κ1) is 11.4. The van der Waals surface area contributed by atoms with E-state index in [9.17, 15) is 5.11 Å². The topological polar surface area (TPSA) is 49.5 Å². The van der Waals surface area contributed by atoms with Crippen molar-refractivity contribution in [2.45, 2.75) is 32.4 Å². The fraction of sp³-hybridized carbons (Fsp3) is 0.538. The summed E-state index contributed by atoms with van der Waals surface area (Å²) in [6.45, 7) is 4.88. The molecule has 1 saturated heterocycles. The van der Waals surface area contributed by atoms with E-state index in [0.29, 0.717) is 11.8 Å². The Labute approximate surface area is 96.9 Å². The minimum Gasteiger partial charge on any atom is -0.508 e. The van der Waals surface area contributed by atoms with Gasteiger partial charge in [0.05, 0.1) is 0 Å². The van der Waals surface area contributed by atoms with Gasteiger partial charge >= 0.3 is 0 Å². The van der Waals surface area contributed by atoms with Gasteiger partial charge in [0.1, 0.15) is 5.75 Å². The van der Waals surface area contributed by atoms with Crippen LogP contribution in [0.5, 0.6) is 5.75 Å². The number of phenolic OH excluding ortho intramolecular Hbond substituents is 1. The molecule has 1 aromatic carbocycles. The summed E-state index contributed by atoms with van der Waals surface area (Å²) in [5, 5.41) is 9.77. The summed E-state index contributed by atoms with van der Waals surface area (Å²) in [5.41, 5.74) is 8.14. The first-order valence-electron chi connectivity index (χ1n) is 5.91. The standard InChI is InChI=1S/C13H20N2O/c1-10-4-5-13(16)11(7-10)8-15-6-2-3-12(14)9-15/h4-5,7,12,16H,2-3,6,8-9,14H2,1H3. The van der Waals surface area contributed by atoms with Gasteiger partial charge in [-0.3, -0.25) is 4.90 Å². The van der Waals surface area contributed by atoms with Crippen LogP contribution in [0.1, 0.15) is 24.0 Å². The summed E-state index contributed by atoms with van der Waals surface area (Å²) in [4.78, 5) is 2.32. The van der Waals surface area contributed by atoms with E-state index in [-0.39, 0.29) is 0 Å². The van der Waals surface area contributed by atoms with Gasteiger partial charge < -0.3 is 10.8 Å². The van der Waals surface area contributed by atoms with Crippen LogP contribution in [0.2, 0.25) is 0 Å². The zero-order chi connectivity index (χ0) is 11.5. The monoisotopic (exact) mass is 220 g/mol. The molecule has 0 saturated carbocycles. The molecule has 1 unspecified atom stereocenters. The third kappa shape index (κ3) is 2.74. The number of hydrogen-bond acceptors (Lipinski definition) is 3. The average Bonchev–Trinajstić information content (AvgIpc) is 2.24. The van der Waals surface area contributed by atoms with Crippen molar-refractivity contribution in [3.05, 3.63) is 29.3 Å². The van der Waals surface area contributed by atoms with E-state index in [0.717, 1.165) is 38.0 Å². The van der Waals surface area contributed by atoms with Crippen molar-refractivity contribution in [3.63, 3.8) is 0 Å². The molecule has 1 heterocycles. The number of nitrogens with zero attached hydrogens (tertiary/aromatic N) is 1. The second-order valence-electron chi connectivity index (χ2n) is 4.77. The van der Waals surface area contributed by atoms with Crippen molar-refractivity contribution in [3.8, 4) is 5.75 Å². The van der Waals surface area contributed by atoms with E-state index < -0.39 is 0 Å². The Hall–Kier alpha value is -1.06. The third-order valence-corrected chi connectivity index (χ3v) is 3.17. The van der Waals surface area contributed by atoms with Gasteiger partial charge in [0.15, 0.2) is 0 Å². The molecule has 0 aliphatic carbocycles. The van der Waals surface area contributed by atoms with Crippen molar-refractivity contribution in [2.75, 3.05) is 13.1 Å². The van der Waals surface area contributed by atoms with E-state index >= 15 is 0 Å². The van der Waals surface area contributed by atoms with E-state index in [1.807, 2.05) is 13.0 Å². The highest BCUT2D eigenvalue weighted by molar-refractivity contribution is 5.35. The Morgan fingerprint density at radius 1 is 1.50 bits per heavy atom. The molecule has 1 aromatic rings. The maximum absolute atomic E-state index is 9.77. The molecule has 2 rings (SSSR count). The molecule has 1 atom stereocenters. The molecular formula is C13H20N2O. The van der Waals surface area contributed by atoms with E-state index in [1.54, 1.807) is 6.07 Å². The number of nitrogens with two attached hydrogens (primary N) is 1. The fourth-order valence-electron chi connectivity index (χ4n) is 2.32. The smallest absolute Gasteiger partial charge is 0.120 e. The average molecular weight is 220 g/mol. The molecule has 0 aromatic heterocycles. The van der Waals surface area contributed by atoms with E-state index in [4.69, 9.17) is 5.73 Å². The predicted octanol–water partition coefficient (Wildman–Crippen LogP) is 1.62. The van der Waals surface area contributed by atoms with Crippen LogP contribution in [0.25, 0.3) is 0 Å². The molecule has 1 aliphatic rings. The van der Waals surface area contributed by atoms with Gasteiger partial charge in [-0.15, -0.1) is 0 Å². The first-order valence-corrected chi connectivity index (χ1v) is 5.91. The van der Waals surface area contributed by atoms with E-state index in [1.165, 1.54) is 5.56 Å². The minimum atomic E-state index is 0.292. The van der Waals surface area contributed by atoms with Crippen LogP contribution in [0.4, 0.5) is 0 Å². The number of likely N-dealkylation sites (tertiary alicyclic amines) is 1. The molecule has 88 valence electrons. The van der Waals surface area contributed by atoms with Crippen molar-refractivity contribution >= 4 is 0 Å². The number of benzene rings is 1. The predicted molar refractivity (Wildman–Crippen MR) is 65.3 cm³/mol. The van der Waals surface area contributed by atoms with Gasteiger partial charge in [-0.2, -0.15) is 0 Å². The van der Waals surface area contributed by atoms with Gasteiger partial charge in [0.2, 0.25) is 0 Å². The second-order valence-corrected chi connectivity index (χ2v) is 4.77. The lowest BCUT2D eigenvalue weighted by Gasteiger charge is -2.30. The highest BCUT2D eigenvalue weighted by Crippen LogP contribution is 2.21. The summed E-state index contributed by atoms with van der Waals surface area (Å²) in [6, 6.07) is 6.05. The largest absolute Gasteiger partial charge is 0.508 e. The lowest BCUT2D eigenvalue weighted by Crippen LogP contribution is -2.42. The highest BCUT2D eigenvalue weighted by atomic mass is 16.3. The second kappa shape index (κ2) is 4.85. The van der Waals surface area contributed by atoms with Gasteiger partial charge in [-0.25, -0.2) is 0 Å². The maximum Gasteiger partial charge on any atom is 0.120 e. The molecular weight excluding hydrogens is 200 g/mol. The minimum absolute atomic E-state index is 0.292. The van der Waals surface area contributed by atoms with Crippen LogP contribution < -0.4 is 5.73 Å². The lowest BCUT2D eigenvalue weighted by atomic mass is 10.0. The molecule has 3 N–H and O–H groups in total. The maximum atomic E-state index is 9.77. The molecule has 0 amide bonds. The zero-order valence-corrected chi connectivity index (χ0v) is 9.82. The number of piperidine rings is 1. The molecule has 0 bridgehead atoms. The Bertz CT molecular complexity index is 365. The zero-order valence-electron chi connectivity index (χ0n) is 9.82. The first-order chi connectivity index (χ1) is 7.65. The van der Waals surface area contributed by atoms with Crippen LogP contribution in [-0.4, -0.2) is 29.1 Å². The SMILES string of the molecule is Cc1ccc(O)c(CN2CCCC(N)C2)c1. The Kier molecular flexibility index (Phi) is 3.46. The van der Waals surface area contributed by atoms with Crippen LogP contribution in [-0.2, 0) is 6.54 Å². The normalized spacial score (nSPS) is 22.2. The Morgan fingerprint density at radius 2 is 2.31 bits per heavy atom. The van der Waals surface area contributed by atoms with Crippen LogP contribution in [0.3, 0.4) is 0 Å². The molecule has 1 aliphatic heterocycles. The highest BCUT2D eigenvalue weighted by Gasteiger charge is 2.17. The molecule has 1 fully saturated rings. The lowest BCUT2D eigenvalue weighted by molar-refractivity contribution is 0.199. The summed E-state index contributed by atoms with van der Waals surface area (Å²) in [6.07, 6.45) is 2.28. The molecule has 0 spiro atoms. The van der Waals surface area contributed by atoms with Crippen LogP contribution >= 0.6 is 0 Å². The Morgan fingerprint density at radius 3 is 3.06 bits per heavy atom. The van der Waals surface area contributed by atoms with Crippen molar-refractivity contribution in [1.29, 1.82) is 0 Å². The number of rotatable bonds is 2. The quantitative estimate of drug-likeness (QED) is 0.796. The van der Waals surface area contributed by atoms with Crippen molar-refractivity contribution < 1.29 is 5.11 Å². The van der Waals surface area contributed by atoms with Crippen molar-refractivity contribution in [1.82, 2.24) is 4.90 Å². The number of aromatic hydroxyl groups is 1. The molecule has 3 heteroatoms. The van der Waals surface area contributed by atoms with Gasteiger partial charge in [-0.1, -0.05) is 17.7 Å². The van der Waals surface area contributed by atoms with Gasteiger partial charge in [-0.05, 0) is 32.4 Å². The van der Waals surface area contributed by atoms with Crippen LogP contribution in [0, 0.1) is 6.92 Å². The fourth-order valence-corrected chi connectivity index (χ4v) is 2.32. The molecule has 16 heavy (non-hydrogen) atoms. The van der Waals surface area contributed by atoms with Crippen LogP contribution in [0.15, 0.2) is 18.2 Å².